The monoisotopic (exact) mass is 298 g/mol. The molecular formula is C14H22N2O3S. The Morgan fingerprint density at radius 1 is 1.20 bits per heavy atom. The molecule has 5 nitrogen and oxygen atoms in total. The summed E-state index contributed by atoms with van der Waals surface area (Å²) in [4.78, 5) is 12.2. The van der Waals surface area contributed by atoms with Crippen molar-refractivity contribution >= 4 is 15.9 Å². The number of benzene rings is 1. The molecule has 0 aromatic heterocycles. The van der Waals surface area contributed by atoms with Crippen LogP contribution < -0.4 is 10.5 Å². The van der Waals surface area contributed by atoms with Crippen LogP contribution in [0.25, 0.3) is 0 Å². The molecule has 3 N–H and O–H groups in total. The van der Waals surface area contributed by atoms with Gasteiger partial charge in [0.05, 0.1) is 4.90 Å². The highest BCUT2D eigenvalue weighted by Crippen LogP contribution is 2.19. The van der Waals surface area contributed by atoms with Gasteiger partial charge in [0.2, 0.25) is 10.0 Å². The number of hydrogen-bond acceptors (Lipinski definition) is 3. The van der Waals surface area contributed by atoms with Crippen molar-refractivity contribution in [1.29, 1.82) is 0 Å². The summed E-state index contributed by atoms with van der Waals surface area (Å²) in [5.74, 6) is -0.263. The zero-order chi connectivity index (χ0) is 15.5. The third kappa shape index (κ3) is 3.80. The predicted octanol–water partition coefficient (Wildman–Crippen LogP) is 1.87. The molecule has 0 spiro atoms. The Bertz CT molecular complexity index is 605. The van der Waals surface area contributed by atoms with Crippen molar-refractivity contribution in [3.63, 3.8) is 0 Å². The molecule has 0 aliphatic heterocycles. The second kappa shape index (κ2) is 6.37. The summed E-state index contributed by atoms with van der Waals surface area (Å²) in [5, 5.41) is 8.07. The van der Waals surface area contributed by atoms with Gasteiger partial charge < -0.3 is 5.32 Å². The molecule has 0 atom stereocenters. The molecular weight excluding hydrogens is 276 g/mol. The van der Waals surface area contributed by atoms with E-state index in [9.17, 15) is 13.2 Å². The van der Waals surface area contributed by atoms with Crippen molar-refractivity contribution in [1.82, 2.24) is 5.32 Å². The third-order valence-electron chi connectivity index (χ3n) is 3.39. The Labute approximate surface area is 120 Å². The van der Waals surface area contributed by atoms with E-state index in [0.717, 1.165) is 18.4 Å². The minimum absolute atomic E-state index is 0.00204. The lowest BCUT2D eigenvalue weighted by Crippen LogP contribution is -2.34. The van der Waals surface area contributed by atoms with E-state index in [0.29, 0.717) is 11.1 Å². The molecule has 1 aromatic rings. The summed E-state index contributed by atoms with van der Waals surface area (Å²) in [6.07, 6.45) is 1.66. The Kier molecular flexibility index (Phi) is 5.30. The van der Waals surface area contributed by atoms with Gasteiger partial charge in [0.25, 0.3) is 5.91 Å². The van der Waals surface area contributed by atoms with Gasteiger partial charge in [0.15, 0.2) is 0 Å². The van der Waals surface area contributed by atoms with Crippen molar-refractivity contribution in [2.24, 2.45) is 5.14 Å². The molecule has 0 radical (unpaired) electrons. The number of nitrogens with two attached hydrogens (primary N) is 1. The van der Waals surface area contributed by atoms with Gasteiger partial charge in [-0.2, -0.15) is 0 Å². The molecule has 0 saturated heterocycles. The number of nitrogens with one attached hydrogen (secondary N) is 1. The van der Waals surface area contributed by atoms with Gasteiger partial charge in [-0.3, -0.25) is 4.79 Å². The summed E-state index contributed by atoms with van der Waals surface area (Å²) in [5.41, 5.74) is 1.63. The van der Waals surface area contributed by atoms with Crippen LogP contribution in [0, 0.1) is 13.8 Å². The molecule has 0 saturated carbocycles. The molecule has 6 heteroatoms. The van der Waals surface area contributed by atoms with Gasteiger partial charge in [0.1, 0.15) is 0 Å². The summed E-state index contributed by atoms with van der Waals surface area (Å²) in [6, 6.07) is 3.11. The lowest BCUT2D eigenvalue weighted by molar-refractivity contribution is 0.0934. The van der Waals surface area contributed by atoms with E-state index in [4.69, 9.17) is 5.14 Å². The maximum Gasteiger partial charge on any atom is 0.251 e. The van der Waals surface area contributed by atoms with Crippen LogP contribution >= 0.6 is 0 Å². The molecule has 0 unspecified atom stereocenters. The van der Waals surface area contributed by atoms with Crippen LogP contribution in [-0.4, -0.2) is 20.4 Å². The van der Waals surface area contributed by atoms with E-state index in [1.165, 1.54) is 6.07 Å². The largest absolute Gasteiger partial charge is 0.349 e. The maximum atomic E-state index is 12.2. The lowest BCUT2D eigenvalue weighted by Gasteiger charge is -2.16. The van der Waals surface area contributed by atoms with Crippen LogP contribution in [-0.2, 0) is 10.0 Å². The molecule has 1 amide bonds. The number of carbonyl (C=O) groups is 1. The van der Waals surface area contributed by atoms with Crippen LogP contribution in [0.3, 0.4) is 0 Å². The van der Waals surface area contributed by atoms with E-state index < -0.39 is 10.0 Å². The summed E-state index contributed by atoms with van der Waals surface area (Å²) in [6.45, 7) is 7.43. The first-order chi connectivity index (χ1) is 9.20. The van der Waals surface area contributed by atoms with Crippen LogP contribution in [0.4, 0.5) is 0 Å². The van der Waals surface area contributed by atoms with E-state index in [-0.39, 0.29) is 16.8 Å². The fourth-order valence-electron chi connectivity index (χ4n) is 2.14. The van der Waals surface area contributed by atoms with Crippen molar-refractivity contribution in [2.75, 3.05) is 0 Å². The maximum absolute atomic E-state index is 12.2. The highest BCUT2D eigenvalue weighted by atomic mass is 32.2. The number of hydrogen-bond donors (Lipinski definition) is 2. The minimum atomic E-state index is -3.83. The molecule has 1 aromatic carbocycles. The average Bonchev–Trinajstić information content (AvgIpc) is 2.33. The minimum Gasteiger partial charge on any atom is -0.349 e. The molecule has 1 rings (SSSR count). The van der Waals surface area contributed by atoms with E-state index in [1.807, 2.05) is 13.8 Å². The molecule has 0 aliphatic carbocycles. The van der Waals surface area contributed by atoms with Gasteiger partial charge in [-0.05, 0) is 43.9 Å². The first-order valence-corrected chi connectivity index (χ1v) is 8.20. The Morgan fingerprint density at radius 2 is 1.75 bits per heavy atom. The topological polar surface area (TPSA) is 89.3 Å². The Balaban J connectivity index is 3.22. The van der Waals surface area contributed by atoms with Crippen LogP contribution in [0.5, 0.6) is 0 Å². The number of rotatable bonds is 5. The second-order valence-corrected chi connectivity index (χ2v) is 6.49. The van der Waals surface area contributed by atoms with Gasteiger partial charge in [-0.15, -0.1) is 0 Å². The normalized spacial score (nSPS) is 11.7. The summed E-state index contributed by atoms with van der Waals surface area (Å²) in [7, 11) is -3.83. The number of carbonyl (C=O) groups excluding carboxylic acids is 1. The first-order valence-electron chi connectivity index (χ1n) is 6.65. The standard InChI is InChI=1S/C14H22N2O3S/c1-5-11(6-2)16-14(17)12-8-13(20(15,18)19)10(4)7-9(12)3/h7-8,11H,5-6H2,1-4H3,(H,16,17)(H2,15,18,19). The zero-order valence-electron chi connectivity index (χ0n) is 12.4. The fourth-order valence-corrected chi connectivity index (χ4v) is 2.93. The second-order valence-electron chi connectivity index (χ2n) is 4.96. The molecule has 0 fully saturated rings. The van der Waals surface area contributed by atoms with Gasteiger partial charge in [-0.1, -0.05) is 19.9 Å². The zero-order valence-corrected chi connectivity index (χ0v) is 13.2. The number of sulfonamides is 1. The van der Waals surface area contributed by atoms with E-state index in [2.05, 4.69) is 5.32 Å². The van der Waals surface area contributed by atoms with Crippen molar-refractivity contribution in [3.8, 4) is 0 Å². The van der Waals surface area contributed by atoms with Crippen molar-refractivity contribution in [3.05, 3.63) is 28.8 Å². The number of aryl methyl sites for hydroxylation is 2. The van der Waals surface area contributed by atoms with Gasteiger partial charge >= 0.3 is 0 Å². The number of primary sulfonamides is 1. The average molecular weight is 298 g/mol. The Hall–Kier alpha value is -1.40. The van der Waals surface area contributed by atoms with Crippen LogP contribution in [0.1, 0.15) is 48.2 Å². The molecule has 0 heterocycles. The number of amides is 1. The van der Waals surface area contributed by atoms with Crippen LogP contribution in [0.15, 0.2) is 17.0 Å². The summed E-state index contributed by atoms with van der Waals surface area (Å²) >= 11 is 0. The van der Waals surface area contributed by atoms with E-state index >= 15 is 0 Å². The summed E-state index contributed by atoms with van der Waals surface area (Å²) < 4.78 is 23.0. The lowest BCUT2D eigenvalue weighted by atomic mass is 10.0. The SMILES string of the molecule is CCC(CC)NC(=O)c1cc(S(N)(=O)=O)c(C)cc1C. The fraction of sp³-hybridized carbons (Fsp3) is 0.500. The Morgan fingerprint density at radius 3 is 2.20 bits per heavy atom. The van der Waals surface area contributed by atoms with E-state index in [1.54, 1.807) is 19.9 Å². The quantitative estimate of drug-likeness (QED) is 0.869. The first kappa shape index (κ1) is 16.7. The van der Waals surface area contributed by atoms with Crippen molar-refractivity contribution < 1.29 is 13.2 Å². The smallest absolute Gasteiger partial charge is 0.251 e. The highest BCUT2D eigenvalue weighted by molar-refractivity contribution is 7.89. The molecule has 20 heavy (non-hydrogen) atoms. The molecule has 112 valence electrons. The highest BCUT2D eigenvalue weighted by Gasteiger charge is 2.19. The third-order valence-corrected chi connectivity index (χ3v) is 4.45. The van der Waals surface area contributed by atoms with Crippen LogP contribution in [0.2, 0.25) is 0 Å². The van der Waals surface area contributed by atoms with Gasteiger partial charge in [-0.25, -0.2) is 13.6 Å². The molecule has 0 aliphatic rings. The van der Waals surface area contributed by atoms with Gasteiger partial charge in [0, 0.05) is 11.6 Å². The molecule has 0 bridgehead atoms. The predicted molar refractivity (Wildman–Crippen MR) is 79.1 cm³/mol. The van der Waals surface area contributed by atoms with Crippen molar-refractivity contribution in [2.45, 2.75) is 51.5 Å².